The van der Waals surface area contributed by atoms with E-state index in [1.165, 1.54) is 0 Å². The van der Waals surface area contributed by atoms with Crippen molar-refractivity contribution in [2.75, 3.05) is 38.2 Å². The van der Waals surface area contributed by atoms with E-state index in [-0.39, 0.29) is 33.5 Å². The SMILES string of the molecule is COc1ccc(-c2nc(S(=O)(=O)c3ccc(C)cc3)c(N3CCN(C(=O)C4CC4)CC3)o2)cc1. The zero-order valence-electron chi connectivity index (χ0n) is 19.2. The van der Waals surface area contributed by atoms with E-state index in [4.69, 9.17) is 9.15 Å². The summed E-state index contributed by atoms with van der Waals surface area (Å²) >= 11 is 0. The van der Waals surface area contributed by atoms with Gasteiger partial charge in [0.15, 0.2) is 0 Å². The number of hydrogen-bond donors (Lipinski definition) is 0. The van der Waals surface area contributed by atoms with E-state index < -0.39 is 9.84 Å². The van der Waals surface area contributed by atoms with Crippen LogP contribution in [-0.4, -0.2) is 57.5 Å². The molecule has 0 radical (unpaired) electrons. The maximum atomic E-state index is 13.6. The van der Waals surface area contributed by atoms with E-state index in [2.05, 4.69) is 4.98 Å². The summed E-state index contributed by atoms with van der Waals surface area (Å²) in [6, 6.07) is 13.8. The van der Waals surface area contributed by atoms with Gasteiger partial charge in [-0.25, -0.2) is 8.42 Å². The van der Waals surface area contributed by atoms with Crippen molar-refractivity contribution < 1.29 is 22.4 Å². The topological polar surface area (TPSA) is 93.0 Å². The number of sulfone groups is 1. The highest BCUT2D eigenvalue weighted by molar-refractivity contribution is 7.91. The number of oxazole rings is 1. The summed E-state index contributed by atoms with van der Waals surface area (Å²) in [6.45, 7) is 3.91. The molecule has 2 aromatic carbocycles. The molecular formula is C25H27N3O5S. The van der Waals surface area contributed by atoms with Gasteiger partial charge in [0.1, 0.15) is 5.75 Å². The van der Waals surface area contributed by atoms with Crippen molar-refractivity contribution in [3.8, 4) is 17.2 Å². The molecule has 8 nitrogen and oxygen atoms in total. The Balaban J connectivity index is 1.50. The molecule has 3 aromatic rings. The lowest BCUT2D eigenvalue weighted by Crippen LogP contribution is -2.49. The first kappa shape index (κ1) is 22.5. The zero-order valence-corrected chi connectivity index (χ0v) is 20.0. The van der Waals surface area contributed by atoms with Crippen LogP contribution in [0.5, 0.6) is 5.75 Å². The molecule has 0 bridgehead atoms. The molecule has 2 fully saturated rings. The molecule has 2 aliphatic rings. The monoisotopic (exact) mass is 481 g/mol. The highest BCUT2D eigenvalue weighted by Gasteiger charge is 2.37. The van der Waals surface area contributed by atoms with E-state index in [0.717, 1.165) is 18.4 Å². The predicted molar refractivity (Wildman–Crippen MR) is 127 cm³/mol. The quantitative estimate of drug-likeness (QED) is 0.532. The Morgan fingerprint density at radius 2 is 1.65 bits per heavy atom. The zero-order chi connectivity index (χ0) is 23.9. The third kappa shape index (κ3) is 4.27. The van der Waals surface area contributed by atoms with Crippen molar-refractivity contribution in [2.45, 2.75) is 29.7 Å². The molecule has 1 saturated heterocycles. The van der Waals surface area contributed by atoms with Crippen LogP contribution in [0.15, 0.2) is 62.9 Å². The number of anilines is 1. The third-order valence-corrected chi connectivity index (χ3v) is 7.98. The van der Waals surface area contributed by atoms with Crippen LogP contribution in [-0.2, 0) is 14.6 Å². The van der Waals surface area contributed by atoms with Gasteiger partial charge in [0.25, 0.3) is 0 Å². The van der Waals surface area contributed by atoms with Gasteiger partial charge in [0.2, 0.25) is 32.5 Å². The highest BCUT2D eigenvalue weighted by atomic mass is 32.2. The number of rotatable bonds is 6. The second-order valence-electron chi connectivity index (χ2n) is 8.76. The van der Waals surface area contributed by atoms with Gasteiger partial charge in [0, 0.05) is 37.7 Å². The molecule has 0 unspecified atom stereocenters. The van der Waals surface area contributed by atoms with E-state index in [1.807, 2.05) is 16.7 Å². The van der Waals surface area contributed by atoms with Crippen LogP contribution in [0.25, 0.3) is 11.5 Å². The lowest BCUT2D eigenvalue weighted by atomic mass is 10.2. The number of hydrogen-bond acceptors (Lipinski definition) is 7. The van der Waals surface area contributed by atoms with Crippen LogP contribution < -0.4 is 9.64 Å². The fourth-order valence-corrected chi connectivity index (χ4v) is 5.40. The van der Waals surface area contributed by atoms with Crippen LogP contribution >= 0.6 is 0 Å². The van der Waals surface area contributed by atoms with Crippen LogP contribution in [0.2, 0.25) is 0 Å². The van der Waals surface area contributed by atoms with Crippen LogP contribution in [0.3, 0.4) is 0 Å². The molecule has 1 saturated carbocycles. The number of ether oxygens (including phenoxy) is 1. The molecule has 2 heterocycles. The van der Waals surface area contributed by atoms with Crippen molar-refractivity contribution >= 4 is 21.6 Å². The van der Waals surface area contributed by atoms with Gasteiger partial charge < -0.3 is 19.0 Å². The number of amides is 1. The molecule has 1 aliphatic carbocycles. The number of carbonyl (C=O) groups excluding carboxylic acids is 1. The first-order valence-electron chi connectivity index (χ1n) is 11.4. The van der Waals surface area contributed by atoms with Crippen LogP contribution in [0.1, 0.15) is 18.4 Å². The molecule has 34 heavy (non-hydrogen) atoms. The Morgan fingerprint density at radius 1 is 1.00 bits per heavy atom. The average Bonchev–Trinajstić information content (AvgIpc) is 3.61. The van der Waals surface area contributed by atoms with Crippen molar-refractivity contribution in [1.82, 2.24) is 9.88 Å². The van der Waals surface area contributed by atoms with Gasteiger partial charge in [-0.2, -0.15) is 4.98 Å². The second kappa shape index (κ2) is 8.79. The molecule has 0 N–H and O–H groups in total. The molecule has 0 atom stereocenters. The first-order valence-corrected chi connectivity index (χ1v) is 12.9. The van der Waals surface area contributed by atoms with Gasteiger partial charge in [-0.05, 0) is 56.2 Å². The minimum Gasteiger partial charge on any atom is -0.497 e. The Hall–Kier alpha value is -3.33. The van der Waals surface area contributed by atoms with Crippen molar-refractivity contribution in [1.29, 1.82) is 0 Å². The maximum Gasteiger partial charge on any atom is 0.236 e. The number of methoxy groups -OCH3 is 1. The summed E-state index contributed by atoms with van der Waals surface area (Å²) in [6.07, 6.45) is 1.93. The summed E-state index contributed by atoms with van der Waals surface area (Å²) in [5, 5.41) is -0.107. The Morgan fingerprint density at radius 3 is 2.24 bits per heavy atom. The number of benzene rings is 2. The molecule has 1 amide bonds. The van der Waals surface area contributed by atoms with E-state index in [1.54, 1.807) is 55.6 Å². The van der Waals surface area contributed by atoms with Gasteiger partial charge in [0.05, 0.1) is 12.0 Å². The molecule has 178 valence electrons. The minimum absolute atomic E-state index is 0.107. The van der Waals surface area contributed by atoms with E-state index in [0.29, 0.717) is 37.5 Å². The standard InChI is InChI=1S/C25H27N3O5S/c1-17-3-11-21(12-4-17)34(30,31)23-25(28-15-13-27(14-16-28)24(29)19-5-6-19)33-22(26-23)18-7-9-20(32-2)10-8-18/h3-4,7-12,19H,5-6,13-16H2,1-2H3. The first-order chi connectivity index (χ1) is 16.4. The number of piperazine rings is 1. The molecule has 9 heteroatoms. The molecule has 1 aliphatic heterocycles. The van der Waals surface area contributed by atoms with Crippen molar-refractivity contribution in [3.05, 3.63) is 54.1 Å². The predicted octanol–water partition coefficient (Wildman–Crippen LogP) is 3.55. The molecule has 5 rings (SSSR count). The summed E-state index contributed by atoms with van der Waals surface area (Å²) in [5.41, 5.74) is 1.62. The Kier molecular flexibility index (Phi) is 5.81. The van der Waals surface area contributed by atoms with Crippen molar-refractivity contribution in [2.24, 2.45) is 5.92 Å². The lowest BCUT2D eigenvalue weighted by Gasteiger charge is -2.34. The number of nitrogens with zero attached hydrogens (tertiary/aromatic N) is 3. The Bertz CT molecular complexity index is 1290. The van der Waals surface area contributed by atoms with E-state index >= 15 is 0 Å². The molecule has 1 aromatic heterocycles. The fraction of sp³-hybridized carbons (Fsp3) is 0.360. The fourth-order valence-electron chi connectivity index (χ4n) is 4.08. The normalized spacial score (nSPS) is 16.5. The smallest absolute Gasteiger partial charge is 0.236 e. The largest absolute Gasteiger partial charge is 0.497 e. The van der Waals surface area contributed by atoms with Gasteiger partial charge in [-0.1, -0.05) is 17.7 Å². The van der Waals surface area contributed by atoms with Gasteiger partial charge in [-0.15, -0.1) is 0 Å². The lowest BCUT2D eigenvalue weighted by molar-refractivity contribution is -0.132. The van der Waals surface area contributed by atoms with Crippen LogP contribution in [0, 0.1) is 12.8 Å². The molecule has 0 spiro atoms. The highest BCUT2D eigenvalue weighted by Crippen LogP contribution is 2.36. The molecular weight excluding hydrogens is 454 g/mol. The number of aryl methyl sites for hydroxylation is 1. The Labute approximate surface area is 199 Å². The second-order valence-corrected chi connectivity index (χ2v) is 10.6. The maximum absolute atomic E-state index is 13.6. The van der Waals surface area contributed by atoms with Gasteiger partial charge in [-0.3, -0.25) is 4.79 Å². The average molecular weight is 482 g/mol. The number of carbonyl (C=O) groups is 1. The van der Waals surface area contributed by atoms with Crippen molar-refractivity contribution in [3.63, 3.8) is 0 Å². The third-order valence-electron chi connectivity index (χ3n) is 6.31. The van der Waals surface area contributed by atoms with Crippen LogP contribution in [0.4, 0.5) is 5.88 Å². The summed E-state index contributed by atoms with van der Waals surface area (Å²) in [5.74, 6) is 1.48. The summed E-state index contributed by atoms with van der Waals surface area (Å²) in [4.78, 5) is 20.8. The minimum atomic E-state index is -3.92. The van der Waals surface area contributed by atoms with E-state index in [9.17, 15) is 13.2 Å². The number of aromatic nitrogens is 1. The van der Waals surface area contributed by atoms with Gasteiger partial charge >= 0.3 is 0 Å². The summed E-state index contributed by atoms with van der Waals surface area (Å²) in [7, 11) is -2.34. The summed E-state index contributed by atoms with van der Waals surface area (Å²) < 4.78 is 38.5.